The first-order valence-corrected chi connectivity index (χ1v) is 8.22. The first-order valence-electron chi connectivity index (χ1n) is 8.22. The van der Waals surface area contributed by atoms with Crippen molar-refractivity contribution in [2.24, 2.45) is 0 Å². The molecule has 0 fully saturated rings. The van der Waals surface area contributed by atoms with Crippen LogP contribution >= 0.6 is 0 Å². The fourth-order valence-electron chi connectivity index (χ4n) is 2.37. The van der Waals surface area contributed by atoms with Crippen LogP contribution in [0.4, 0.5) is 11.4 Å². The summed E-state index contributed by atoms with van der Waals surface area (Å²) in [5.74, 6) is -0.126. The first-order chi connectivity index (χ1) is 12.4. The minimum atomic E-state index is -0.560. The molecule has 2 aromatic carbocycles. The molecular weight excluding hydrogens is 330 g/mol. The number of nitrogens with zero attached hydrogens (tertiary/aromatic N) is 2. The van der Waals surface area contributed by atoms with Gasteiger partial charge in [0.1, 0.15) is 11.6 Å². The van der Waals surface area contributed by atoms with Crippen LogP contribution in [-0.2, 0) is 4.79 Å². The Hall–Kier alpha value is -3.46. The molecule has 6 heteroatoms. The van der Waals surface area contributed by atoms with E-state index < -0.39 is 10.8 Å². The van der Waals surface area contributed by atoms with E-state index in [0.29, 0.717) is 17.2 Å². The van der Waals surface area contributed by atoms with Crippen molar-refractivity contribution in [1.82, 2.24) is 0 Å². The fraction of sp³-hybridized carbons (Fsp3) is 0.200. The summed E-state index contributed by atoms with van der Waals surface area (Å²) in [4.78, 5) is 22.6. The second kappa shape index (κ2) is 8.58. The lowest BCUT2D eigenvalue weighted by atomic mass is 9.98. The molecule has 0 aliphatic heterocycles. The van der Waals surface area contributed by atoms with Gasteiger partial charge in [0.05, 0.1) is 4.92 Å². The minimum Gasteiger partial charge on any atom is -0.321 e. The molecular formula is C20H19N3O3. The zero-order valence-corrected chi connectivity index (χ0v) is 14.6. The summed E-state index contributed by atoms with van der Waals surface area (Å²) in [5.41, 5.74) is 1.95. The van der Waals surface area contributed by atoms with Crippen molar-refractivity contribution in [1.29, 1.82) is 5.26 Å². The zero-order chi connectivity index (χ0) is 19.1. The molecule has 1 atom stereocenters. The maximum atomic E-state index is 12.3. The molecule has 0 spiro atoms. The summed E-state index contributed by atoms with van der Waals surface area (Å²) in [6.45, 7) is 4.24. The van der Waals surface area contributed by atoms with Crippen molar-refractivity contribution in [2.45, 2.75) is 26.2 Å². The highest BCUT2D eigenvalue weighted by atomic mass is 16.6. The molecule has 0 saturated heterocycles. The highest BCUT2D eigenvalue weighted by molar-refractivity contribution is 6.09. The van der Waals surface area contributed by atoms with Gasteiger partial charge < -0.3 is 5.32 Å². The molecule has 2 rings (SSSR count). The van der Waals surface area contributed by atoms with Crippen molar-refractivity contribution in [3.63, 3.8) is 0 Å². The van der Waals surface area contributed by atoms with Crippen molar-refractivity contribution in [2.75, 3.05) is 5.32 Å². The van der Waals surface area contributed by atoms with E-state index in [4.69, 9.17) is 0 Å². The molecule has 0 radical (unpaired) electrons. The Morgan fingerprint density at radius 3 is 2.58 bits per heavy atom. The average molecular weight is 349 g/mol. The molecule has 0 unspecified atom stereocenters. The molecule has 132 valence electrons. The number of hydrogen-bond acceptors (Lipinski definition) is 4. The van der Waals surface area contributed by atoms with Gasteiger partial charge in [-0.15, -0.1) is 0 Å². The van der Waals surface area contributed by atoms with E-state index in [2.05, 4.69) is 19.2 Å². The number of anilines is 1. The molecule has 0 bridgehead atoms. The number of nitrogens with one attached hydrogen (secondary N) is 1. The number of nitro benzene ring substituents is 1. The van der Waals surface area contributed by atoms with E-state index in [1.165, 1.54) is 29.8 Å². The summed E-state index contributed by atoms with van der Waals surface area (Å²) >= 11 is 0. The second-order valence-corrected chi connectivity index (χ2v) is 5.91. The number of benzene rings is 2. The van der Waals surface area contributed by atoms with Crippen LogP contribution in [0.1, 0.15) is 37.3 Å². The van der Waals surface area contributed by atoms with Crippen LogP contribution < -0.4 is 5.32 Å². The molecule has 1 N–H and O–H groups in total. The summed E-state index contributed by atoms with van der Waals surface area (Å²) in [5, 5.41) is 22.7. The highest BCUT2D eigenvalue weighted by Gasteiger charge is 2.11. The molecule has 0 aromatic heterocycles. The number of rotatable bonds is 6. The lowest BCUT2D eigenvalue weighted by Gasteiger charge is -2.10. The van der Waals surface area contributed by atoms with E-state index in [-0.39, 0.29) is 11.3 Å². The third kappa shape index (κ3) is 4.77. The van der Waals surface area contributed by atoms with Gasteiger partial charge in [-0.05, 0) is 41.7 Å². The SMILES string of the molecule is CC[C@H](C)c1ccc(NC(=O)/C(C#N)=C/c2cccc([N+](=O)[O-])c2)cc1. The van der Waals surface area contributed by atoms with Gasteiger partial charge in [-0.2, -0.15) is 5.26 Å². The van der Waals surface area contributed by atoms with Gasteiger partial charge in [0, 0.05) is 17.8 Å². The van der Waals surface area contributed by atoms with Gasteiger partial charge >= 0.3 is 0 Å². The molecule has 0 aliphatic rings. The average Bonchev–Trinajstić information content (AvgIpc) is 2.66. The largest absolute Gasteiger partial charge is 0.321 e. The van der Waals surface area contributed by atoms with E-state index in [1.54, 1.807) is 18.2 Å². The van der Waals surface area contributed by atoms with E-state index in [9.17, 15) is 20.2 Å². The number of nitriles is 1. The van der Waals surface area contributed by atoms with Crippen LogP contribution in [0.15, 0.2) is 54.1 Å². The van der Waals surface area contributed by atoms with Gasteiger partial charge in [-0.25, -0.2) is 0 Å². The third-order valence-corrected chi connectivity index (χ3v) is 4.11. The number of amides is 1. The molecule has 0 saturated carbocycles. The van der Waals surface area contributed by atoms with E-state index in [1.807, 2.05) is 18.2 Å². The number of non-ortho nitro benzene ring substituents is 1. The lowest BCUT2D eigenvalue weighted by Crippen LogP contribution is -2.13. The number of hydrogen-bond donors (Lipinski definition) is 1. The predicted octanol–water partition coefficient (Wildman–Crippen LogP) is 4.65. The molecule has 6 nitrogen and oxygen atoms in total. The molecule has 2 aromatic rings. The Morgan fingerprint density at radius 2 is 2.00 bits per heavy atom. The van der Waals surface area contributed by atoms with Crippen LogP contribution in [0.5, 0.6) is 0 Å². The fourth-order valence-corrected chi connectivity index (χ4v) is 2.37. The summed E-state index contributed by atoms with van der Waals surface area (Å²) in [6.07, 6.45) is 2.35. The van der Waals surface area contributed by atoms with Crippen LogP contribution in [0.2, 0.25) is 0 Å². The number of nitro groups is 1. The Kier molecular flexibility index (Phi) is 6.23. The maximum absolute atomic E-state index is 12.3. The molecule has 0 aliphatic carbocycles. The highest BCUT2D eigenvalue weighted by Crippen LogP contribution is 2.21. The monoisotopic (exact) mass is 349 g/mol. The Bertz CT molecular complexity index is 880. The van der Waals surface area contributed by atoms with Crippen molar-refractivity contribution < 1.29 is 9.72 Å². The van der Waals surface area contributed by atoms with Gasteiger partial charge in [0.25, 0.3) is 11.6 Å². The summed E-state index contributed by atoms with van der Waals surface area (Å²) in [6, 6.07) is 15.1. The molecule has 26 heavy (non-hydrogen) atoms. The second-order valence-electron chi connectivity index (χ2n) is 5.91. The van der Waals surface area contributed by atoms with Gasteiger partial charge in [-0.3, -0.25) is 14.9 Å². The topological polar surface area (TPSA) is 96.0 Å². The third-order valence-electron chi connectivity index (χ3n) is 4.11. The van der Waals surface area contributed by atoms with E-state index >= 15 is 0 Å². The van der Waals surface area contributed by atoms with Gasteiger partial charge in [0.2, 0.25) is 0 Å². The maximum Gasteiger partial charge on any atom is 0.270 e. The zero-order valence-electron chi connectivity index (χ0n) is 14.6. The number of carbonyl (C=O) groups excluding carboxylic acids is 1. The van der Waals surface area contributed by atoms with Crippen LogP contribution in [0.3, 0.4) is 0 Å². The standard InChI is InChI=1S/C20H19N3O3/c1-3-14(2)16-7-9-18(10-8-16)22-20(24)17(13-21)11-15-5-4-6-19(12-15)23(25)26/h4-12,14H,3H2,1-2H3,(H,22,24)/b17-11+/t14-/m0/s1. The van der Waals surface area contributed by atoms with Crippen LogP contribution in [-0.4, -0.2) is 10.8 Å². The summed E-state index contributed by atoms with van der Waals surface area (Å²) < 4.78 is 0. The minimum absolute atomic E-state index is 0.0999. The Morgan fingerprint density at radius 1 is 1.31 bits per heavy atom. The normalized spacial score (nSPS) is 12.1. The quantitative estimate of drug-likeness (QED) is 0.355. The first kappa shape index (κ1) is 18.9. The molecule has 0 heterocycles. The Labute approximate surface area is 151 Å². The van der Waals surface area contributed by atoms with Crippen LogP contribution in [0, 0.1) is 21.4 Å². The lowest BCUT2D eigenvalue weighted by molar-refractivity contribution is -0.384. The smallest absolute Gasteiger partial charge is 0.270 e. The molecule has 1 amide bonds. The summed E-state index contributed by atoms with van der Waals surface area (Å²) in [7, 11) is 0. The van der Waals surface area contributed by atoms with Crippen LogP contribution in [0.25, 0.3) is 6.08 Å². The van der Waals surface area contributed by atoms with Gasteiger partial charge in [-0.1, -0.05) is 38.1 Å². The van der Waals surface area contributed by atoms with Gasteiger partial charge in [0.15, 0.2) is 0 Å². The van der Waals surface area contributed by atoms with Crippen molar-refractivity contribution in [3.05, 3.63) is 75.3 Å². The number of carbonyl (C=O) groups is 1. The van der Waals surface area contributed by atoms with E-state index in [0.717, 1.165) is 6.42 Å². The predicted molar refractivity (Wildman–Crippen MR) is 100 cm³/mol. The van der Waals surface area contributed by atoms with Crippen molar-refractivity contribution in [3.8, 4) is 6.07 Å². The Balaban J connectivity index is 2.17. The van der Waals surface area contributed by atoms with Crippen molar-refractivity contribution >= 4 is 23.4 Å².